The lowest BCUT2D eigenvalue weighted by molar-refractivity contribution is 0.0315. The van der Waals surface area contributed by atoms with E-state index in [-0.39, 0.29) is 22.0 Å². The summed E-state index contributed by atoms with van der Waals surface area (Å²) < 4.78 is 33.4. The van der Waals surface area contributed by atoms with Crippen molar-refractivity contribution in [3.05, 3.63) is 58.7 Å². The molecule has 0 radical (unpaired) electrons. The van der Waals surface area contributed by atoms with Crippen molar-refractivity contribution in [2.45, 2.75) is 31.8 Å². The summed E-state index contributed by atoms with van der Waals surface area (Å²) in [6, 6.07) is 9.00. The van der Waals surface area contributed by atoms with Gasteiger partial charge in [0.25, 0.3) is 0 Å². The third-order valence-corrected chi connectivity index (χ3v) is 4.94. The minimum absolute atomic E-state index is 0.110. The lowest BCUT2D eigenvalue weighted by Crippen LogP contribution is -2.25. The molecule has 0 saturated heterocycles. The molecule has 2 aromatic carbocycles. The lowest BCUT2D eigenvalue weighted by atomic mass is 9.99. The highest BCUT2D eigenvalue weighted by Gasteiger charge is 2.25. The molecule has 27 heavy (non-hydrogen) atoms. The van der Waals surface area contributed by atoms with Crippen LogP contribution in [0.3, 0.4) is 0 Å². The zero-order chi connectivity index (χ0) is 20.4. The van der Waals surface area contributed by atoms with Gasteiger partial charge in [-0.25, -0.2) is 18.4 Å². The normalized spacial score (nSPS) is 12.3. The molecule has 0 aliphatic carbocycles. The number of Topliss-reactive ketones (excluding diaryl/α,β-unsaturated/α-hetero) is 1. The summed E-state index contributed by atoms with van der Waals surface area (Å²) in [5.41, 5.74) is 2.00. The lowest BCUT2D eigenvalue weighted by Gasteiger charge is -2.16. The van der Waals surface area contributed by atoms with Gasteiger partial charge in [0.1, 0.15) is 11.3 Å². The van der Waals surface area contributed by atoms with E-state index < -0.39 is 22.1 Å². The van der Waals surface area contributed by atoms with Gasteiger partial charge in [-0.05, 0) is 50.6 Å². The molecule has 2 aromatic rings. The minimum atomic E-state index is -4.01. The van der Waals surface area contributed by atoms with E-state index in [1.165, 1.54) is 26.2 Å². The number of primary sulfonamides is 1. The van der Waals surface area contributed by atoms with Gasteiger partial charge in [0.05, 0.1) is 12.0 Å². The summed E-state index contributed by atoms with van der Waals surface area (Å²) in [6.45, 7) is 5.11. The summed E-state index contributed by atoms with van der Waals surface area (Å²) in [7, 11) is -2.69. The quantitative estimate of drug-likeness (QED) is 0.597. The molecule has 0 fully saturated rings. The van der Waals surface area contributed by atoms with E-state index in [4.69, 9.17) is 14.6 Å². The van der Waals surface area contributed by atoms with Gasteiger partial charge in [-0.3, -0.25) is 4.79 Å². The van der Waals surface area contributed by atoms with E-state index in [9.17, 15) is 18.0 Å². The Bertz CT molecular complexity index is 997. The minimum Gasteiger partial charge on any atom is -0.496 e. The topological polar surface area (TPSA) is 113 Å². The molecule has 0 aromatic heterocycles. The zero-order valence-corrected chi connectivity index (χ0v) is 16.3. The number of methoxy groups -OCH3 is 1. The van der Waals surface area contributed by atoms with Gasteiger partial charge >= 0.3 is 5.97 Å². The Labute approximate surface area is 158 Å². The molecule has 0 heterocycles. The summed E-state index contributed by atoms with van der Waals surface area (Å²) in [6.07, 6.45) is -1.07. The molecule has 0 spiro atoms. The Morgan fingerprint density at radius 2 is 1.70 bits per heavy atom. The third-order valence-electron chi connectivity index (χ3n) is 4.03. The van der Waals surface area contributed by atoms with Crippen LogP contribution in [-0.2, 0) is 14.8 Å². The molecule has 2 rings (SSSR count). The Balaban J connectivity index is 2.31. The predicted octanol–water partition coefficient (Wildman–Crippen LogP) is 2.39. The van der Waals surface area contributed by atoms with E-state index >= 15 is 0 Å². The molecule has 0 aliphatic heterocycles. The zero-order valence-electron chi connectivity index (χ0n) is 15.5. The number of aryl methyl sites for hydroxylation is 2. The number of rotatable bonds is 6. The number of benzene rings is 2. The Hall–Kier alpha value is -2.71. The molecule has 0 aliphatic rings. The smallest absolute Gasteiger partial charge is 0.342 e. The Morgan fingerprint density at radius 3 is 2.30 bits per heavy atom. The molecular formula is C19H21NO6S. The largest absolute Gasteiger partial charge is 0.496 e. The first-order valence-corrected chi connectivity index (χ1v) is 9.62. The second kappa shape index (κ2) is 7.89. The van der Waals surface area contributed by atoms with Crippen molar-refractivity contribution >= 4 is 21.8 Å². The predicted molar refractivity (Wildman–Crippen MR) is 99.5 cm³/mol. The highest BCUT2D eigenvalue weighted by Crippen LogP contribution is 2.24. The molecule has 0 bridgehead atoms. The molecular weight excluding hydrogens is 370 g/mol. The molecule has 0 unspecified atom stereocenters. The van der Waals surface area contributed by atoms with Crippen molar-refractivity contribution in [1.29, 1.82) is 0 Å². The Morgan fingerprint density at radius 1 is 1.04 bits per heavy atom. The van der Waals surface area contributed by atoms with Crippen LogP contribution in [0.25, 0.3) is 0 Å². The fraction of sp³-hybridized carbons (Fsp3) is 0.263. The van der Waals surface area contributed by atoms with Crippen LogP contribution in [-0.4, -0.2) is 33.4 Å². The number of ether oxygens (including phenoxy) is 2. The van der Waals surface area contributed by atoms with E-state index in [1.807, 2.05) is 19.1 Å². The molecule has 0 saturated carbocycles. The van der Waals surface area contributed by atoms with Crippen molar-refractivity contribution in [3.63, 3.8) is 0 Å². The van der Waals surface area contributed by atoms with E-state index in [0.717, 1.165) is 17.2 Å². The van der Waals surface area contributed by atoms with Gasteiger partial charge < -0.3 is 9.47 Å². The number of carbonyl (C=O) groups excluding carboxylic acids is 2. The van der Waals surface area contributed by atoms with E-state index in [1.54, 1.807) is 13.0 Å². The van der Waals surface area contributed by atoms with Crippen LogP contribution in [0.15, 0.2) is 41.3 Å². The fourth-order valence-electron chi connectivity index (χ4n) is 2.52. The van der Waals surface area contributed by atoms with E-state index in [2.05, 4.69) is 0 Å². The SMILES string of the molecule is COc1ccc(S(N)(=O)=O)cc1C(=O)O[C@@H](C)C(=O)c1cc(C)ccc1C. The van der Waals surface area contributed by atoms with Gasteiger partial charge in [0, 0.05) is 5.56 Å². The monoisotopic (exact) mass is 391 g/mol. The molecule has 1 atom stereocenters. The highest BCUT2D eigenvalue weighted by atomic mass is 32.2. The van der Waals surface area contributed by atoms with Crippen LogP contribution in [0.5, 0.6) is 5.75 Å². The van der Waals surface area contributed by atoms with Gasteiger partial charge in [-0.15, -0.1) is 0 Å². The molecule has 2 N–H and O–H groups in total. The number of nitrogens with two attached hydrogens (primary N) is 1. The van der Waals surface area contributed by atoms with E-state index in [0.29, 0.717) is 5.56 Å². The molecule has 144 valence electrons. The van der Waals surface area contributed by atoms with Gasteiger partial charge in [-0.1, -0.05) is 17.7 Å². The summed E-state index contributed by atoms with van der Waals surface area (Å²) in [5, 5.41) is 5.10. The second-order valence-corrected chi connectivity index (χ2v) is 7.70. The van der Waals surface area contributed by atoms with Crippen molar-refractivity contribution in [3.8, 4) is 5.75 Å². The summed E-state index contributed by atoms with van der Waals surface area (Å²) >= 11 is 0. The van der Waals surface area contributed by atoms with Crippen LogP contribution in [0, 0.1) is 13.8 Å². The maximum absolute atomic E-state index is 12.6. The van der Waals surface area contributed by atoms with Crippen molar-refractivity contribution in [2.75, 3.05) is 7.11 Å². The molecule has 0 amide bonds. The number of ketones is 1. The first-order chi connectivity index (χ1) is 12.5. The molecule has 7 nitrogen and oxygen atoms in total. The van der Waals surface area contributed by atoms with Crippen LogP contribution in [0.1, 0.15) is 38.8 Å². The number of hydrogen-bond donors (Lipinski definition) is 1. The summed E-state index contributed by atoms with van der Waals surface area (Å²) in [5.74, 6) is -1.13. The van der Waals surface area contributed by atoms with Crippen LogP contribution in [0.2, 0.25) is 0 Å². The van der Waals surface area contributed by atoms with Gasteiger partial charge in [-0.2, -0.15) is 0 Å². The van der Waals surface area contributed by atoms with Crippen molar-refractivity contribution < 1.29 is 27.5 Å². The number of hydrogen-bond acceptors (Lipinski definition) is 6. The average molecular weight is 391 g/mol. The van der Waals surface area contributed by atoms with Crippen molar-refractivity contribution in [1.82, 2.24) is 0 Å². The van der Waals surface area contributed by atoms with Crippen LogP contribution < -0.4 is 9.88 Å². The molecule has 8 heteroatoms. The van der Waals surface area contributed by atoms with Crippen LogP contribution in [0.4, 0.5) is 0 Å². The number of sulfonamides is 1. The highest BCUT2D eigenvalue weighted by molar-refractivity contribution is 7.89. The van der Waals surface area contributed by atoms with Gasteiger partial charge in [0.15, 0.2) is 6.10 Å². The third kappa shape index (κ3) is 4.72. The Kier molecular flexibility index (Phi) is 6.02. The van der Waals surface area contributed by atoms with Crippen molar-refractivity contribution in [2.24, 2.45) is 5.14 Å². The number of carbonyl (C=O) groups is 2. The van der Waals surface area contributed by atoms with Crippen LogP contribution >= 0.6 is 0 Å². The maximum atomic E-state index is 12.6. The standard InChI is InChI=1S/C19H21NO6S/c1-11-5-6-12(2)15(9-11)18(21)13(3)26-19(22)16-10-14(27(20,23)24)7-8-17(16)25-4/h5-10,13H,1-4H3,(H2,20,23,24)/t13-/m0/s1. The summed E-state index contributed by atoms with van der Waals surface area (Å²) in [4.78, 5) is 24.9. The van der Waals surface area contributed by atoms with Gasteiger partial charge in [0.2, 0.25) is 15.8 Å². The fourth-order valence-corrected chi connectivity index (χ4v) is 3.06. The first kappa shape index (κ1) is 20.6. The first-order valence-electron chi connectivity index (χ1n) is 8.08. The number of esters is 1. The second-order valence-electron chi connectivity index (χ2n) is 6.14. The maximum Gasteiger partial charge on any atom is 0.342 e. The average Bonchev–Trinajstić information content (AvgIpc) is 2.61.